The van der Waals surface area contributed by atoms with E-state index in [0.717, 1.165) is 4.57 Å². The number of benzene rings is 2. The highest BCUT2D eigenvalue weighted by Crippen LogP contribution is 2.43. The van der Waals surface area contributed by atoms with Gasteiger partial charge in [0, 0.05) is 14.1 Å². The number of esters is 1. The van der Waals surface area contributed by atoms with Crippen molar-refractivity contribution in [2.75, 3.05) is 11.9 Å². The number of halogens is 2. The number of alkyl halides is 2. The summed E-state index contributed by atoms with van der Waals surface area (Å²) in [5, 5.41) is 3.12. The third-order valence-corrected chi connectivity index (χ3v) is 5.79. The summed E-state index contributed by atoms with van der Waals surface area (Å²) in [5.41, 5.74) is 0.634. The highest BCUT2D eigenvalue weighted by Gasteiger charge is 2.39. The Morgan fingerprint density at radius 3 is 2.29 bits per heavy atom. The minimum Gasteiger partial charge on any atom is -0.463 e. The molecule has 0 saturated carbocycles. The van der Waals surface area contributed by atoms with Crippen LogP contribution in [0.1, 0.15) is 29.5 Å². The van der Waals surface area contributed by atoms with Crippen molar-refractivity contribution in [2.24, 2.45) is 14.1 Å². The molecule has 0 fully saturated rings. The Bertz CT molecular complexity index is 1410. The van der Waals surface area contributed by atoms with Crippen molar-refractivity contribution in [3.63, 3.8) is 0 Å². The molecule has 8 nitrogen and oxygen atoms in total. The molecule has 1 atom stereocenters. The van der Waals surface area contributed by atoms with Crippen molar-refractivity contribution in [1.29, 1.82) is 0 Å². The zero-order valence-corrected chi connectivity index (χ0v) is 19.2. The van der Waals surface area contributed by atoms with Crippen LogP contribution in [-0.4, -0.2) is 28.3 Å². The zero-order valence-electron chi connectivity index (χ0n) is 19.2. The standard InChI is InChI=1S/C25H23F2N3O5/c1-4-34-23(32)18-17(14-10-12-16(13-11-14)35-24(26)27)19-21(29(2)25(33)30(3)22(19)31)28-20(18)15-8-6-5-7-9-15/h5-13,17,24,28H,4H2,1-3H3. The van der Waals surface area contributed by atoms with Crippen LogP contribution < -0.4 is 21.3 Å². The summed E-state index contributed by atoms with van der Waals surface area (Å²) in [6.07, 6.45) is 0. The SMILES string of the molecule is CCOC(=O)C1=C(c2ccccc2)Nc2c(c(=O)n(C)c(=O)n2C)C1c1ccc(OC(F)F)cc1. The van der Waals surface area contributed by atoms with E-state index in [1.54, 1.807) is 31.2 Å². The van der Waals surface area contributed by atoms with Crippen molar-refractivity contribution < 1.29 is 23.0 Å². The van der Waals surface area contributed by atoms with Crippen LogP contribution in [0.2, 0.25) is 0 Å². The minimum absolute atomic E-state index is 0.0729. The lowest BCUT2D eigenvalue weighted by atomic mass is 9.81. The number of carbonyl (C=O) groups is 1. The fourth-order valence-corrected chi connectivity index (χ4v) is 4.19. The lowest BCUT2D eigenvalue weighted by Gasteiger charge is -2.32. The van der Waals surface area contributed by atoms with Gasteiger partial charge in [0.2, 0.25) is 0 Å². The molecule has 10 heteroatoms. The Labute approximate surface area is 199 Å². The van der Waals surface area contributed by atoms with Crippen LogP contribution in [0, 0.1) is 0 Å². The minimum atomic E-state index is -3.00. The molecule has 1 unspecified atom stereocenters. The molecule has 4 rings (SSSR count). The number of hydrogen-bond acceptors (Lipinski definition) is 6. The topological polar surface area (TPSA) is 91.6 Å². The van der Waals surface area contributed by atoms with Gasteiger partial charge in [-0.05, 0) is 30.2 Å². The van der Waals surface area contributed by atoms with Crippen LogP contribution in [0.4, 0.5) is 14.6 Å². The van der Waals surface area contributed by atoms with Crippen molar-refractivity contribution in [2.45, 2.75) is 19.5 Å². The summed E-state index contributed by atoms with van der Waals surface area (Å²) in [5.74, 6) is -1.45. The molecule has 0 radical (unpaired) electrons. The molecule has 3 aromatic rings. The number of aromatic nitrogens is 2. The number of rotatable bonds is 6. The molecule has 2 heterocycles. The molecular formula is C25H23F2N3O5. The van der Waals surface area contributed by atoms with Gasteiger partial charge < -0.3 is 14.8 Å². The van der Waals surface area contributed by atoms with Gasteiger partial charge in [-0.15, -0.1) is 0 Å². The molecule has 0 spiro atoms. The smallest absolute Gasteiger partial charge is 0.387 e. The van der Waals surface area contributed by atoms with E-state index in [-0.39, 0.29) is 29.3 Å². The van der Waals surface area contributed by atoms with Gasteiger partial charge in [-0.2, -0.15) is 8.78 Å². The van der Waals surface area contributed by atoms with E-state index in [1.807, 2.05) is 6.07 Å². The first-order valence-electron chi connectivity index (χ1n) is 10.8. The summed E-state index contributed by atoms with van der Waals surface area (Å²) >= 11 is 0. The van der Waals surface area contributed by atoms with Crippen molar-refractivity contribution in [3.05, 3.63) is 97.7 Å². The number of carbonyl (C=O) groups excluding carboxylic acids is 1. The molecule has 0 amide bonds. The van der Waals surface area contributed by atoms with Crippen LogP contribution in [0.3, 0.4) is 0 Å². The number of nitrogens with one attached hydrogen (secondary N) is 1. The molecule has 0 saturated heterocycles. The second-order valence-electron chi connectivity index (χ2n) is 7.85. The van der Waals surface area contributed by atoms with Gasteiger partial charge in [0.15, 0.2) is 0 Å². The van der Waals surface area contributed by atoms with E-state index in [1.165, 1.54) is 42.9 Å². The molecule has 1 aromatic heterocycles. The van der Waals surface area contributed by atoms with Crippen LogP contribution in [-0.2, 0) is 23.6 Å². The third kappa shape index (κ3) is 4.34. The Kier molecular flexibility index (Phi) is 6.54. The fourth-order valence-electron chi connectivity index (χ4n) is 4.19. The maximum Gasteiger partial charge on any atom is 0.387 e. The van der Waals surface area contributed by atoms with E-state index in [2.05, 4.69) is 10.1 Å². The van der Waals surface area contributed by atoms with Gasteiger partial charge in [-0.1, -0.05) is 42.5 Å². The van der Waals surface area contributed by atoms with Gasteiger partial charge in [0.1, 0.15) is 11.6 Å². The van der Waals surface area contributed by atoms with Gasteiger partial charge in [0.25, 0.3) is 5.56 Å². The first-order valence-corrected chi connectivity index (χ1v) is 10.8. The monoisotopic (exact) mass is 483 g/mol. The molecular weight excluding hydrogens is 460 g/mol. The van der Waals surface area contributed by atoms with Crippen molar-refractivity contribution in [3.8, 4) is 5.75 Å². The average Bonchev–Trinajstić information content (AvgIpc) is 2.85. The summed E-state index contributed by atoms with van der Waals surface area (Å²) in [6.45, 7) is -1.24. The highest BCUT2D eigenvalue weighted by molar-refractivity contribution is 6.04. The van der Waals surface area contributed by atoms with E-state index < -0.39 is 29.7 Å². The predicted octanol–water partition coefficient (Wildman–Crippen LogP) is 3.22. The van der Waals surface area contributed by atoms with Gasteiger partial charge in [0.05, 0.1) is 29.4 Å². The average molecular weight is 483 g/mol. The maximum atomic E-state index is 13.4. The summed E-state index contributed by atoms with van der Waals surface area (Å²) in [6, 6.07) is 14.6. The van der Waals surface area contributed by atoms with E-state index >= 15 is 0 Å². The van der Waals surface area contributed by atoms with Crippen LogP contribution >= 0.6 is 0 Å². The van der Waals surface area contributed by atoms with Crippen LogP contribution in [0.25, 0.3) is 5.70 Å². The molecule has 2 aromatic carbocycles. The van der Waals surface area contributed by atoms with Crippen LogP contribution in [0.15, 0.2) is 69.8 Å². The lowest BCUT2D eigenvalue weighted by Crippen LogP contribution is -2.43. The van der Waals surface area contributed by atoms with Crippen molar-refractivity contribution >= 4 is 17.5 Å². The number of fused-ring (bicyclic) bond motifs is 1. The molecule has 1 N–H and O–H groups in total. The fraction of sp³-hybridized carbons (Fsp3) is 0.240. The van der Waals surface area contributed by atoms with Crippen molar-refractivity contribution in [1.82, 2.24) is 9.13 Å². The largest absolute Gasteiger partial charge is 0.463 e. The number of nitrogens with zero attached hydrogens (tertiary/aromatic N) is 2. The first kappa shape index (κ1) is 23.9. The number of ether oxygens (including phenoxy) is 2. The van der Waals surface area contributed by atoms with Gasteiger partial charge >= 0.3 is 18.3 Å². The van der Waals surface area contributed by atoms with Gasteiger partial charge in [-0.3, -0.25) is 13.9 Å². The third-order valence-electron chi connectivity index (χ3n) is 5.79. The molecule has 0 bridgehead atoms. The van der Waals surface area contributed by atoms with Gasteiger partial charge in [-0.25, -0.2) is 9.59 Å². The normalized spacial score (nSPS) is 15.0. The highest BCUT2D eigenvalue weighted by atomic mass is 19.3. The molecule has 35 heavy (non-hydrogen) atoms. The molecule has 1 aliphatic heterocycles. The zero-order chi connectivity index (χ0) is 25.3. The summed E-state index contributed by atoms with van der Waals surface area (Å²) in [7, 11) is 2.87. The number of anilines is 1. The Morgan fingerprint density at radius 1 is 1.03 bits per heavy atom. The Balaban J connectivity index is 2.05. The second-order valence-corrected chi connectivity index (χ2v) is 7.85. The first-order chi connectivity index (χ1) is 16.7. The summed E-state index contributed by atoms with van der Waals surface area (Å²) < 4.78 is 37.4. The van der Waals surface area contributed by atoms with E-state index in [4.69, 9.17) is 4.74 Å². The molecule has 182 valence electrons. The maximum absolute atomic E-state index is 13.4. The second kappa shape index (κ2) is 9.57. The Morgan fingerprint density at radius 2 is 1.69 bits per heavy atom. The summed E-state index contributed by atoms with van der Waals surface area (Å²) in [4.78, 5) is 39.4. The van der Waals surface area contributed by atoms with E-state index in [0.29, 0.717) is 16.8 Å². The van der Waals surface area contributed by atoms with E-state index in [9.17, 15) is 23.2 Å². The predicted molar refractivity (Wildman–Crippen MR) is 125 cm³/mol. The Hall–Kier alpha value is -4.21. The lowest BCUT2D eigenvalue weighted by molar-refractivity contribution is -0.138. The number of hydrogen-bond donors (Lipinski definition) is 1. The van der Waals surface area contributed by atoms with Crippen LogP contribution in [0.5, 0.6) is 5.75 Å². The molecule has 1 aliphatic rings. The molecule has 0 aliphatic carbocycles. The quantitative estimate of drug-likeness (QED) is 0.542.